The van der Waals surface area contributed by atoms with Gasteiger partial charge in [-0.2, -0.15) is 0 Å². The Morgan fingerprint density at radius 3 is 2.47 bits per heavy atom. The van der Waals surface area contributed by atoms with Crippen LogP contribution in [0.2, 0.25) is 0 Å². The summed E-state index contributed by atoms with van der Waals surface area (Å²) in [7, 11) is 1.84. The lowest BCUT2D eigenvalue weighted by atomic mass is 9.82. The standard InChI is InChI=1S/C43H49N11O5/c1-50-19-20-54(43(50)58)28-3-2-15-52(24-28)35-23-45-39(40(44)56)41(47-35)46-27-6-4-25(5-7-27)26-12-16-51(17-13-26)29-21-30(22-29)53-18-14-31-33(53)9-10-34-37(31)38(49-59-34)32-8-11-36(55)48-42(32)57/h4-7,9-10,14,18,23,26,28-30,32H,2-3,8,11-13,15-17,19-22,24H2,1H3,(H2,44,56)(H,46,47)(H,48,55,57)/t28-,29?,30?,32?/m1/s1. The molecule has 1 unspecified atom stereocenters. The molecule has 1 aliphatic carbocycles. The maximum absolute atomic E-state index is 12.7. The largest absolute Gasteiger partial charge is 0.364 e. The number of nitrogens with one attached hydrogen (secondary N) is 2. The molecule has 59 heavy (non-hydrogen) atoms. The van der Waals surface area contributed by atoms with Crippen molar-refractivity contribution in [2.75, 3.05) is 56.5 Å². The van der Waals surface area contributed by atoms with Crippen molar-refractivity contribution in [2.24, 2.45) is 5.73 Å². The number of carbonyl (C=O) groups excluding carboxylic acids is 4. The summed E-state index contributed by atoms with van der Waals surface area (Å²) in [6.07, 6.45) is 10.7. The predicted molar refractivity (Wildman–Crippen MR) is 220 cm³/mol. The van der Waals surface area contributed by atoms with Crippen LogP contribution in [0.1, 0.15) is 91.0 Å². The predicted octanol–water partition coefficient (Wildman–Crippen LogP) is 4.85. The first-order valence-corrected chi connectivity index (χ1v) is 21.0. The molecular formula is C43H49N11O5. The number of likely N-dealkylation sites (N-methyl/N-ethyl adjacent to an activating group) is 1. The monoisotopic (exact) mass is 799 g/mol. The number of rotatable bonds is 9. The fourth-order valence-electron chi connectivity index (χ4n) is 10.1. The van der Waals surface area contributed by atoms with E-state index < -0.39 is 11.8 Å². The number of nitrogens with zero attached hydrogens (tertiary/aromatic N) is 8. The highest BCUT2D eigenvalue weighted by molar-refractivity contribution is 6.09. The van der Waals surface area contributed by atoms with Crippen molar-refractivity contribution in [2.45, 2.75) is 81.3 Å². The molecular weight excluding hydrogens is 751 g/mol. The zero-order valence-electron chi connectivity index (χ0n) is 33.2. The zero-order chi connectivity index (χ0) is 40.4. The fourth-order valence-corrected chi connectivity index (χ4v) is 10.1. The average molecular weight is 800 g/mol. The fraction of sp³-hybridized carbons (Fsp3) is 0.465. The van der Waals surface area contributed by atoms with Crippen LogP contribution in [-0.2, 0) is 9.59 Å². The van der Waals surface area contributed by atoms with Crippen molar-refractivity contribution in [1.29, 1.82) is 0 Å². The summed E-state index contributed by atoms with van der Waals surface area (Å²) in [6.45, 7) is 5.02. The Kier molecular flexibility index (Phi) is 9.45. The molecule has 5 aromatic rings. The van der Waals surface area contributed by atoms with Crippen LogP contribution < -0.4 is 21.3 Å². The van der Waals surface area contributed by atoms with Gasteiger partial charge in [-0.1, -0.05) is 17.3 Å². The Balaban J connectivity index is 0.753. The summed E-state index contributed by atoms with van der Waals surface area (Å²) in [6, 6.07) is 15.6. The SMILES string of the molecule is CN1CCN([C@@H]2CCCN(c3cnc(C(N)=O)c(Nc4ccc(C5CCN(C6CC(n7ccc8c9c(C%10CCC(=O)NC%10=O)noc9ccc87)C6)CC5)cc4)n3)C2)C1=O. The molecule has 2 aromatic carbocycles. The van der Waals surface area contributed by atoms with Crippen molar-refractivity contribution in [3.8, 4) is 0 Å². The average Bonchev–Trinajstić information content (AvgIpc) is 3.94. The molecule has 4 N–H and O–H groups in total. The van der Waals surface area contributed by atoms with Gasteiger partial charge in [0.2, 0.25) is 11.8 Å². The van der Waals surface area contributed by atoms with Crippen LogP contribution in [0.5, 0.6) is 0 Å². The van der Waals surface area contributed by atoms with Gasteiger partial charge in [-0.15, -0.1) is 0 Å². The molecule has 4 saturated heterocycles. The third kappa shape index (κ3) is 6.82. The molecule has 10 rings (SSSR count). The third-order valence-electron chi connectivity index (χ3n) is 13.5. The summed E-state index contributed by atoms with van der Waals surface area (Å²) >= 11 is 0. The molecule has 5 amide bonds. The van der Waals surface area contributed by atoms with Gasteiger partial charge in [0.15, 0.2) is 17.1 Å². The first-order chi connectivity index (χ1) is 28.7. The maximum atomic E-state index is 12.7. The van der Waals surface area contributed by atoms with E-state index >= 15 is 0 Å². The molecule has 16 heteroatoms. The van der Waals surface area contributed by atoms with Gasteiger partial charge in [0, 0.05) is 74.5 Å². The molecule has 0 bridgehead atoms. The van der Waals surface area contributed by atoms with Crippen molar-refractivity contribution < 1.29 is 23.7 Å². The quantitative estimate of drug-likeness (QED) is 0.173. The smallest absolute Gasteiger partial charge is 0.320 e. The number of aromatic nitrogens is 4. The van der Waals surface area contributed by atoms with E-state index in [0.29, 0.717) is 60.3 Å². The molecule has 306 valence electrons. The number of primary amides is 1. The second-order valence-corrected chi connectivity index (χ2v) is 16.9. The topological polar surface area (TPSA) is 188 Å². The summed E-state index contributed by atoms with van der Waals surface area (Å²) < 4.78 is 8.02. The first kappa shape index (κ1) is 37.3. The van der Waals surface area contributed by atoms with E-state index in [0.717, 1.165) is 93.2 Å². The summed E-state index contributed by atoms with van der Waals surface area (Å²) in [5.41, 5.74) is 10.3. The van der Waals surface area contributed by atoms with Crippen molar-refractivity contribution in [3.63, 3.8) is 0 Å². The first-order valence-electron chi connectivity index (χ1n) is 21.0. The molecule has 16 nitrogen and oxygen atoms in total. The molecule has 5 aliphatic rings. The van der Waals surface area contributed by atoms with Gasteiger partial charge < -0.3 is 39.7 Å². The normalized spacial score (nSPS) is 24.6. The number of piperidine rings is 3. The van der Waals surface area contributed by atoms with Crippen LogP contribution in [0, 0.1) is 0 Å². The van der Waals surface area contributed by atoms with E-state index in [2.05, 4.69) is 65.6 Å². The van der Waals surface area contributed by atoms with Gasteiger partial charge >= 0.3 is 6.03 Å². The highest BCUT2D eigenvalue weighted by atomic mass is 16.5. The van der Waals surface area contributed by atoms with Crippen LogP contribution >= 0.6 is 0 Å². The highest BCUT2D eigenvalue weighted by Crippen LogP contribution is 2.43. The van der Waals surface area contributed by atoms with Crippen LogP contribution in [0.3, 0.4) is 0 Å². The minimum atomic E-state index is -0.648. The molecule has 0 spiro atoms. The molecule has 2 atom stereocenters. The van der Waals surface area contributed by atoms with E-state index in [1.54, 1.807) is 11.1 Å². The number of fused-ring (bicyclic) bond motifs is 3. The second kappa shape index (κ2) is 15.0. The Labute approximate surface area is 341 Å². The lowest BCUT2D eigenvalue weighted by Gasteiger charge is -2.46. The summed E-state index contributed by atoms with van der Waals surface area (Å²) in [5, 5.41) is 12.0. The lowest BCUT2D eigenvalue weighted by Crippen LogP contribution is -2.49. The number of anilines is 3. The van der Waals surface area contributed by atoms with Gasteiger partial charge in [0.05, 0.1) is 23.5 Å². The molecule has 3 aromatic heterocycles. The highest BCUT2D eigenvalue weighted by Gasteiger charge is 2.38. The second-order valence-electron chi connectivity index (χ2n) is 16.9. The van der Waals surface area contributed by atoms with Gasteiger partial charge in [0.1, 0.15) is 11.5 Å². The Bertz CT molecular complexity index is 2450. The molecule has 0 radical (unpaired) electrons. The number of urea groups is 1. The van der Waals surface area contributed by atoms with Gasteiger partial charge in [-0.25, -0.2) is 14.8 Å². The van der Waals surface area contributed by atoms with E-state index in [1.165, 1.54) is 5.56 Å². The number of imide groups is 1. The summed E-state index contributed by atoms with van der Waals surface area (Å²) in [5.74, 6) is -0.259. The summed E-state index contributed by atoms with van der Waals surface area (Å²) in [4.78, 5) is 67.3. The minimum absolute atomic E-state index is 0.0692. The van der Waals surface area contributed by atoms with E-state index in [1.807, 2.05) is 30.1 Å². The molecule has 7 heterocycles. The Hall–Kier alpha value is -6.03. The lowest BCUT2D eigenvalue weighted by molar-refractivity contribution is -0.134. The molecule has 4 aliphatic heterocycles. The van der Waals surface area contributed by atoms with E-state index in [9.17, 15) is 19.2 Å². The molecule has 5 fully saturated rings. The number of hydrogen-bond donors (Lipinski definition) is 3. The Morgan fingerprint density at radius 2 is 1.73 bits per heavy atom. The number of nitrogens with two attached hydrogens (primary N) is 1. The van der Waals surface area contributed by atoms with Crippen molar-refractivity contribution in [3.05, 3.63) is 71.8 Å². The number of benzene rings is 2. The van der Waals surface area contributed by atoms with Crippen LogP contribution in [-0.4, -0.2) is 117 Å². The van der Waals surface area contributed by atoms with Gasteiger partial charge in [-0.05, 0) is 99.8 Å². The minimum Gasteiger partial charge on any atom is -0.364 e. The van der Waals surface area contributed by atoms with Crippen LogP contribution in [0.25, 0.3) is 21.9 Å². The van der Waals surface area contributed by atoms with Crippen LogP contribution in [0.4, 0.5) is 22.1 Å². The Morgan fingerprint density at radius 1 is 0.915 bits per heavy atom. The number of hydrogen-bond acceptors (Lipinski definition) is 11. The third-order valence-corrected chi connectivity index (χ3v) is 13.5. The number of carbonyl (C=O) groups is 4. The van der Waals surface area contributed by atoms with E-state index in [-0.39, 0.29) is 29.6 Å². The van der Waals surface area contributed by atoms with Crippen molar-refractivity contribution in [1.82, 2.24) is 39.7 Å². The zero-order valence-corrected chi connectivity index (χ0v) is 33.2. The van der Waals surface area contributed by atoms with Gasteiger partial charge in [-0.3, -0.25) is 19.7 Å². The van der Waals surface area contributed by atoms with Crippen molar-refractivity contribution >= 4 is 62.9 Å². The number of amides is 5. The molecule has 1 saturated carbocycles. The van der Waals surface area contributed by atoms with E-state index in [4.69, 9.17) is 15.2 Å². The van der Waals surface area contributed by atoms with Gasteiger partial charge in [0.25, 0.3) is 5.91 Å². The van der Waals surface area contributed by atoms with Crippen LogP contribution in [0.15, 0.2) is 59.4 Å². The maximum Gasteiger partial charge on any atom is 0.320 e. The number of likely N-dealkylation sites (tertiary alicyclic amines) is 1.